The predicted molar refractivity (Wildman–Crippen MR) is 76.5 cm³/mol. The molecule has 0 radical (unpaired) electrons. The van der Waals surface area contributed by atoms with Crippen molar-refractivity contribution < 1.29 is 9.53 Å². The van der Waals surface area contributed by atoms with Crippen molar-refractivity contribution in [2.75, 3.05) is 13.2 Å². The van der Waals surface area contributed by atoms with Gasteiger partial charge in [0.05, 0.1) is 21.4 Å². The molecule has 2 atom stereocenters. The van der Waals surface area contributed by atoms with Gasteiger partial charge in [0.15, 0.2) is 0 Å². The van der Waals surface area contributed by atoms with E-state index < -0.39 is 0 Å². The number of rotatable bonds is 5. The van der Waals surface area contributed by atoms with Crippen molar-refractivity contribution in [3.8, 4) is 0 Å². The second-order valence-corrected chi connectivity index (χ2v) is 6.25. The number of nitrogens with one attached hydrogen (secondary N) is 1. The zero-order valence-electron chi connectivity index (χ0n) is 10.8. The van der Waals surface area contributed by atoms with Gasteiger partial charge in [0.1, 0.15) is 0 Å². The fourth-order valence-electron chi connectivity index (χ4n) is 1.83. The van der Waals surface area contributed by atoms with Crippen molar-refractivity contribution in [1.82, 2.24) is 10.3 Å². The van der Waals surface area contributed by atoms with Crippen LogP contribution in [-0.4, -0.2) is 35.4 Å². The first kappa shape index (κ1) is 14.6. The summed E-state index contributed by atoms with van der Waals surface area (Å²) in [5.74, 6) is 0.0113. The molecular weight excluding hydrogens is 284 g/mol. The largest absolute Gasteiger partial charge is 0.376 e. The van der Waals surface area contributed by atoms with Crippen LogP contribution in [0.2, 0.25) is 5.02 Å². The molecule has 0 aromatic carbocycles. The van der Waals surface area contributed by atoms with Crippen molar-refractivity contribution in [3.05, 3.63) is 23.4 Å². The third-order valence-electron chi connectivity index (χ3n) is 2.89. The third kappa shape index (κ3) is 4.67. The molecule has 0 spiro atoms. The maximum atomic E-state index is 11.9. The van der Waals surface area contributed by atoms with Crippen LogP contribution in [0.4, 0.5) is 0 Å². The van der Waals surface area contributed by atoms with E-state index in [-0.39, 0.29) is 17.3 Å². The molecule has 1 N–H and O–H groups in total. The Morgan fingerprint density at radius 1 is 1.68 bits per heavy atom. The number of aromatic nitrogens is 1. The second kappa shape index (κ2) is 7.12. The highest BCUT2D eigenvalue weighted by atomic mass is 35.5. The van der Waals surface area contributed by atoms with Gasteiger partial charge in [-0.05, 0) is 31.9 Å². The lowest BCUT2D eigenvalue weighted by molar-refractivity contribution is -0.120. The number of nitrogens with zero attached hydrogens (tertiary/aromatic N) is 1. The summed E-state index contributed by atoms with van der Waals surface area (Å²) in [5.41, 5.74) is 0. The molecule has 1 fully saturated rings. The highest BCUT2D eigenvalue weighted by molar-refractivity contribution is 8.00. The average molecular weight is 301 g/mol. The SMILES string of the molecule is C[C@H](Sc1ccc(Cl)cn1)C(=O)NC[C@H]1CCCO1. The molecule has 6 heteroatoms. The highest BCUT2D eigenvalue weighted by Gasteiger charge is 2.19. The summed E-state index contributed by atoms with van der Waals surface area (Å²) >= 11 is 7.19. The van der Waals surface area contributed by atoms with Crippen molar-refractivity contribution >= 4 is 29.3 Å². The molecule has 2 heterocycles. The molecule has 1 saturated heterocycles. The Morgan fingerprint density at radius 3 is 3.16 bits per heavy atom. The summed E-state index contributed by atoms with van der Waals surface area (Å²) in [6.07, 6.45) is 3.87. The Hall–Kier alpha value is -0.780. The van der Waals surface area contributed by atoms with Gasteiger partial charge >= 0.3 is 0 Å². The molecule has 1 amide bonds. The van der Waals surface area contributed by atoms with Gasteiger partial charge in [-0.1, -0.05) is 23.4 Å². The van der Waals surface area contributed by atoms with Gasteiger partial charge in [0.25, 0.3) is 0 Å². The number of thioether (sulfide) groups is 1. The van der Waals surface area contributed by atoms with Crippen molar-refractivity contribution in [1.29, 1.82) is 0 Å². The third-order valence-corrected chi connectivity index (χ3v) is 4.17. The van der Waals surface area contributed by atoms with Crippen LogP contribution in [0.15, 0.2) is 23.4 Å². The molecule has 1 aromatic heterocycles. The molecule has 2 rings (SSSR count). The maximum absolute atomic E-state index is 11.9. The predicted octanol–water partition coefficient (Wildman–Crippen LogP) is 2.51. The molecule has 0 aliphatic carbocycles. The molecule has 104 valence electrons. The topological polar surface area (TPSA) is 51.2 Å². The monoisotopic (exact) mass is 300 g/mol. The van der Waals surface area contributed by atoms with E-state index in [9.17, 15) is 4.79 Å². The van der Waals surface area contributed by atoms with Crippen LogP contribution in [0.1, 0.15) is 19.8 Å². The fraction of sp³-hybridized carbons (Fsp3) is 0.538. The quantitative estimate of drug-likeness (QED) is 0.849. The number of carbonyl (C=O) groups is 1. The Morgan fingerprint density at radius 2 is 2.53 bits per heavy atom. The summed E-state index contributed by atoms with van der Waals surface area (Å²) in [5, 5.41) is 4.12. The standard InChI is InChI=1S/C13H17ClN2O2S/c1-9(19-12-5-4-10(14)7-15-12)13(17)16-8-11-3-2-6-18-11/h4-5,7,9,11H,2-3,6,8H2,1H3,(H,16,17)/t9-,11+/m0/s1. The summed E-state index contributed by atoms with van der Waals surface area (Å²) in [4.78, 5) is 16.1. The smallest absolute Gasteiger partial charge is 0.233 e. The number of amides is 1. The number of hydrogen-bond donors (Lipinski definition) is 1. The minimum absolute atomic E-state index is 0.0113. The van der Waals surface area contributed by atoms with E-state index in [2.05, 4.69) is 10.3 Å². The van der Waals surface area contributed by atoms with Crippen LogP contribution < -0.4 is 5.32 Å². The van der Waals surface area contributed by atoms with Crippen molar-refractivity contribution in [2.45, 2.75) is 36.1 Å². The summed E-state index contributed by atoms with van der Waals surface area (Å²) in [7, 11) is 0. The summed E-state index contributed by atoms with van der Waals surface area (Å²) in [6.45, 7) is 3.27. The van der Waals surface area contributed by atoms with Gasteiger partial charge in [-0.2, -0.15) is 0 Å². The van der Waals surface area contributed by atoms with E-state index >= 15 is 0 Å². The molecule has 19 heavy (non-hydrogen) atoms. The Balaban J connectivity index is 1.76. The number of halogens is 1. The first-order valence-corrected chi connectivity index (χ1v) is 7.58. The number of hydrogen-bond acceptors (Lipinski definition) is 4. The number of pyridine rings is 1. The summed E-state index contributed by atoms with van der Waals surface area (Å²) < 4.78 is 5.47. The Labute approximate surface area is 122 Å². The minimum Gasteiger partial charge on any atom is -0.376 e. The van der Waals surface area contributed by atoms with Crippen LogP contribution in [-0.2, 0) is 9.53 Å². The van der Waals surface area contributed by atoms with E-state index in [1.54, 1.807) is 12.3 Å². The number of ether oxygens (including phenoxy) is 1. The molecule has 4 nitrogen and oxygen atoms in total. The van der Waals surface area contributed by atoms with Crippen LogP contribution >= 0.6 is 23.4 Å². The Bertz CT molecular complexity index is 421. The van der Waals surface area contributed by atoms with E-state index in [1.807, 2.05) is 13.0 Å². The lowest BCUT2D eigenvalue weighted by Gasteiger charge is -2.14. The highest BCUT2D eigenvalue weighted by Crippen LogP contribution is 2.22. The van der Waals surface area contributed by atoms with Crippen LogP contribution in [0.25, 0.3) is 0 Å². The van der Waals surface area contributed by atoms with Gasteiger partial charge < -0.3 is 10.1 Å². The molecule has 1 aromatic rings. The Kier molecular flexibility index (Phi) is 5.48. The van der Waals surface area contributed by atoms with E-state index in [0.29, 0.717) is 11.6 Å². The average Bonchev–Trinajstić information content (AvgIpc) is 2.91. The normalized spacial score (nSPS) is 20.2. The lowest BCUT2D eigenvalue weighted by Crippen LogP contribution is -2.36. The minimum atomic E-state index is -0.185. The van der Waals surface area contributed by atoms with E-state index in [1.165, 1.54) is 11.8 Å². The molecule has 0 saturated carbocycles. The number of carbonyl (C=O) groups excluding carboxylic acids is 1. The van der Waals surface area contributed by atoms with Crippen LogP contribution in [0, 0.1) is 0 Å². The first-order valence-electron chi connectivity index (χ1n) is 6.32. The van der Waals surface area contributed by atoms with Crippen LogP contribution in [0.5, 0.6) is 0 Å². The summed E-state index contributed by atoms with van der Waals surface area (Å²) in [6, 6.07) is 3.59. The second-order valence-electron chi connectivity index (χ2n) is 4.45. The molecule has 1 aliphatic heterocycles. The molecule has 0 bridgehead atoms. The van der Waals surface area contributed by atoms with Crippen molar-refractivity contribution in [2.24, 2.45) is 0 Å². The van der Waals surface area contributed by atoms with Gasteiger partial charge in [0, 0.05) is 19.3 Å². The van der Waals surface area contributed by atoms with Gasteiger partial charge in [-0.15, -0.1) is 0 Å². The molecule has 0 unspecified atom stereocenters. The van der Waals surface area contributed by atoms with Gasteiger partial charge in [-0.25, -0.2) is 4.98 Å². The molecular formula is C13H17ClN2O2S. The zero-order chi connectivity index (χ0) is 13.7. The van der Waals surface area contributed by atoms with Crippen LogP contribution in [0.3, 0.4) is 0 Å². The van der Waals surface area contributed by atoms with Gasteiger partial charge in [-0.3, -0.25) is 4.79 Å². The van der Waals surface area contributed by atoms with Crippen molar-refractivity contribution in [3.63, 3.8) is 0 Å². The maximum Gasteiger partial charge on any atom is 0.233 e. The fourth-order valence-corrected chi connectivity index (χ4v) is 2.75. The van der Waals surface area contributed by atoms with Gasteiger partial charge in [0.2, 0.25) is 5.91 Å². The zero-order valence-corrected chi connectivity index (χ0v) is 12.3. The van der Waals surface area contributed by atoms with E-state index in [0.717, 1.165) is 24.5 Å². The lowest BCUT2D eigenvalue weighted by atomic mass is 10.2. The van der Waals surface area contributed by atoms with E-state index in [4.69, 9.17) is 16.3 Å². The first-order chi connectivity index (χ1) is 9.15. The molecule has 1 aliphatic rings.